The second kappa shape index (κ2) is 8.92. The summed E-state index contributed by atoms with van der Waals surface area (Å²) in [6.07, 6.45) is 1.11. The Labute approximate surface area is 126 Å². The Morgan fingerprint density at radius 2 is 2.30 bits per heavy atom. The average Bonchev–Trinajstić information content (AvgIpc) is 2.90. The Bertz CT molecular complexity index is 419. The fourth-order valence-corrected chi connectivity index (χ4v) is 2.53. The SMILES string of the molecule is CCCN=C(NCC)N(C)Cc1csc(C(C)OC)n1. The molecule has 0 aliphatic heterocycles. The van der Waals surface area contributed by atoms with Gasteiger partial charge in [0.15, 0.2) is 5.96 Å². The predicted octanol–water partition coefficient (Wildman–Crippen LogP) is 2.66. The quantitative estimate of drug-likeness (QED) is 0.621. The van der Waals surface area contributed by atoms with Crippen LogP contribution < -0.4 is 5.32 Å². The lowest BCUT2D eigenvalue weighted by Crippen LogP contribution is -2.38. The van der Waals surface area contributed by atoms with Crippen molar-refractivity contribution < 1.29 is 4.74 Å². The lowest BCUT2D eigenvalue weighted by Gasteiger charge is -2.21. The van der Waals surface area contributed by atoms with E-state index in [0.717, 1.165) is 42.7 Å². The van der Waals surface area contributed by atoms with E-state index < -0.39 is 0 Å². The maximum Gasteiger partial charge on any atom is 0.194 e. The van der Waals surface area contributed by atoms with Crippen molar-refractivity contribution in [3.63, 3.8) is 0 Å². The number of aliphatic imine (C=N–C) groups is 1. The number of nitrogens with one attached hydrogen (secondary N) is 1. The second-order valence-electron chi connectivity index (χ2n) is 4.65. The number of methoxy groups -OCH3 is 1. The van der Waals surface area contributed by atoms with Gasteiger partial charge in [0, 0.05) is 32.6 Å². The van der Waals surface area contributed by atoms with Crippen molar-refractivity contribution in [2.75, 3.05) is 27.2 Å². The van der Waals surface area contributed by atoms with E-state index in [1.54, 1.807) is 18.4 Å². The highest BCUT2D eigenvalue weighted by Gasteiger charge is 2.12. The molecule has 1 rings (SSSR count). The third-order valence-corrected chi connectivity index (χ3v) is 3.91. The van der Waals surface area contributed by atoms with Crippen LogP contribution in [-0.2, 0) is 11.3 Å². The number of nitrogens with zero attached hydrogens (tertiary/aromatic N) is 3. The molecular weight excluding hydrogens is 272 g/mol. The third-order valence-electron chi connectivity index (χ3n) is 2.85. The summed E-state index contributed by atoms with van der Waals surface area (Å²) in [5, 5.41) is 6.41. The maximum atomic E-state index is 5.29. The summed E-state index contributed by atoms with van der Waals surface area (Å²) in [7, 11) is 3.74. The Morgan fingerprint density at radius 3 is 2.90 bits per heavy atom. The van der Waals surface area contributed by atoms with Crippen LogP contribution in [0.5, 0.6) is 0 Å². The summed E-state index contributed by atoms with van der Waals surface area (Å²) in [6, 6.07) is 0. The van der Waals surface area contributed by atoms with E-state index >= 15 is 0 Å². The van der Waals surface area contributed by atoms with Gasteiger partial charge in [0.05, 0.1) is 12.2 Å². The number of hydrogen-bond acceptors (Lipinski definition) is 4. The van der Waals surface area contributed by atoms with Crippen LogP contribution in [-0.4, -0.2) is 43.1 Å². The molecule has 1 atom stereocenters. The first-order chi connectivity index (χ1) is 9.62. The normalized spacial score (nSPS) is 13.3. The second-order valence-corrected chi connectivity index (χ2v) is 5.54. The van der Waals surface area contributed by atoms with Gasteiger partial charge in [-0.2, -0.15) is 0 Å². The summed E-state index contributed by atoms with van der Waals surface area (Å²) in [5.41, 5.74) is 1.05. The standard InChI is InChI=1S/C14H26N4OS/c1-6-8-16-14(15-7-2)18(4)9-12-10-20-13(17-12)11(3)19-5/h10-11H,6-9H2,1-5H3,(H,15,16). The molecule has 6 heteroatoms. The van der Waals surface area contributed by atoms with E-state index in [1.807, 2.05) is 14.0 Å². The molecule has 0 aliphatic carbocycles. The lowest BCUT2D eigenvalue weighted by molar-refractivity contribution is 0.119. The van der Waals surface area contributed by atoms with Crippen LogP contribution in [0.1, 0.15) is 44.0 Å². The highest BCUT2D eigenvalue weighted by atomic mass is 32.1. The first-order valence-corrected chi connectivity index (χ1v) is 7.96. The van der Waals surface area contributed by atoms with Crippen molar-refractivity contribution in [1.29, 1.82) is 0 Å². The zero-order valence-corrected chi connectivity index (χ0v) is 14.0. The zero-order chi connectivity index (χ0) is 15.0. The first-order valence-electron chi connectivity index (χ1n) is 7.08. The van der Waals surface area contributed by atoms with Crippen molar-refractivity contribution in [3.05, 3.63) is 16.1 Å². The van der Waals surface area contributed by atoms with E-state index in [1.165, 1.54) is 0 Å². The van der Waals surface area contributed by atoms with E-state index in [4.69, 9.17) is 4.74 Å². The van der Waals surface area contributed by atoms with Crippen LogP contribution in [0, 0.1) is 0 Å². The molecule has 1 unspecified atom stereocenters. The molecule has 0 amide bonds. The van der Waals surface area contributed by atoms with Crippen LogP contribution in [0.4, 0.5) is 0 Å². The minimum absolute atomic E-state index is 0.0565. The number of hydrogen-bond donors (Lipinski definition) is 1. The molecule has 114 valence electrons. The van der Waals surface area contributed by atoms with Gasteiger partial charge in [-0.15, -0.1) is 11.3 Å². The average molecular weight is 298 g/mol. The monoisotopic (exact) mass is 298 g/mol. The first kappa shape index (κ1) is 16.9. The molecule has 0 aliphatic rings. The Kier molecular flexibility index (Phi) is 7.54. The minimum Gasteiger partial charge on any atom is -0.375 e. The van der Waals surface area contributed by atoms with Crippen LogP contribution in [0.2, 0.25) is 0 Å². The summed E-state index contributed by atoms with van der Waals surface area (Å²) in [4.78, 5) is 11.3. The molecule has 0 saturated carbocycles. The largest absolute Gasteiger partial charge is 0.375 e. The lowest BCUT2D eigenvalue weighted by atomic mass is 10.4. The number of aromatic nitrogens is 1. The molecule has 1 aromatic rings. The molecule has 0 radical (unpaired) electrons. The van der Waals surface area contributed by atoms with Gasteiger partial charge in [-0.05, 0) is 20.3 Å². The third kappa shape index (κ3) is 5.09. The van der Waals surface area contributed by atoms with Crippen molar-refractivity contribution >= 4 is 17.3 Å². The van der Waals surface area contributed by atoms with Crippen molar-refractivity contribution in [2.45, 2.75) is 39.8 Å². The molecule has 0 spiro atoms. The molecule has 1 N–H and O–H groups in total. The van der Waals surface area contributed by atoms with Gasteiger partial charge in [-0.25, -0.2) is 4.98 Å². The van der Waals surface area contributed by atoms with E-state index in [-0.39, 0.29) is 6.10 Å². The molecular formula is C14H26N4OS. The molecule has 0 bridgehead atoms. The zero-order valence-electron chi connectivity index (χ0n) is 13.1. The van der Waals surface area contributed by atoms with Crippen LogP contribution in [0.3, 0.4) is 0 Å². The maximum absolute atomic E-state index is 5.29. The van der Waals surface area contributed by atoms with Gasteiger partial charge < -0.3 is 15.0 Å². The van der Waals surface area contributed by atoms with E-state index in [0.29, 0.717) is 0 Å². The van der Waals surface area contributed by atoms with Gasteiger partial charge in [-0.3, -0.25) is 4.99 Å². The number of ether oxygens (including phenoxy) is 1. The van der Waals surface area contributed by atoms with Crippen molar-refractivity contribution in [2.24, 2.45) is 4.99 Å². The van der Waals surface area contributed by atoms with Crippen LogP contribution >= 0.6 is 11.3 Å². The fourth-order valence-electron chi connectivity index (χ4n) is 1.69. The summed E-state index contributed by atoms with van der Waals surface area (Å²) < 4.78 is 5.29. The van der Waals surface area contributed by atoms with Gasteiger partial charge in [0.25, 0.3) is 0 Å². The van der Waals surface area contributed by atoms with Gasteiger partial charge >= 0.3 is 0 Å². The van der Waals surface area contributed by atoms with E-state index in [2.05, 4.69) is 39.4 Å². The van der Waals surface area contributed by atoms with Crippen LogP contribution in [0.15, 0.2) is 10.4 Å². The highest BCUT2D eigenvalue weighted by Crippen LogP contribution is 2.20. The minimum atomic E-state index is 0.0565. The fraction of sp³-hybridized carbons (Fsp3) is 0.714. The Hall–Kier alpha value is -1.14. The molecule has 0 saturated heterocycles. The van der Waals surface area contributed by atoms with Gasteiger partial charge in [0.1, 0.15) is 11.1 Å². The topological polar surface area (TPSA) is 49.8 Å². The van der Waals surface area contributed by atoms with Crippen molar-refractivity contribution in [1.82, 2.24) is 15.2 Å². The number of guanidine groups is 1. The predicted molar refractivity (Wildman–Crippen MR) is 85.3 cm³/mol. The molecule has 0 aromatic carbocycles. The van der Waals surface area contributed by atoms with Crippen molar-refractivity contribution in [3.8, 4) is 0 Å². The smallest absolute Gasteiger partial charge is 0.194 e. The summed E-state index contributed by atoms with van der Waals surface area (Å²) in [6.45, 7) is 8.69. The summed E-state index contributed by atoms with van der Waals surface area (Å²) >= 11 is 1.64. The summed E-state index contributed by atoms with van der Waals surface area (Å²) in [5.74, 6) is 0.934. The Balaban J connectivity index is 2.67. The molecule has 20 heavy (non-hydrogen) atoms. The molecule has 0 fully saturated rings. The Morgan fingerprint density at radius 1 is 1.55 bits per heavy atom. The number of rotatable bonds is 7. The van der Waals surface area contributed by atoms with Crippen LogP contribution in [0.25, 0.3) is 0 Å². The van der Waals surface area contributed by atoms with Gasteiger partial charge in [-0.1, -0.05) is 6.92 Å². The molecule has 5 nitrogen and oxygen atoms in total. The molecule has 1 heterocycles. The number of thiazole rings is 1. The van der Waals surface area contributed by atoms with Gasteiger partial charge in [0.2, 0.25) is 0 Å². The highest BCUT2D eigenvalue weighted by molar-refractivity contribution is 7.09. The van der Waals surface area contributed by atoms with E-state index in [9.17, 15) is 0 Å². The molecule has 1 aromatic heterocycles.